The highest BCUT2D eigenvalue weighted by molar-refractivity contribution is 6.09. The molecule has 76 heavy (non-hydrogen) atoms. The molecular formula is C61H74N4O11. The molecule has 0 aliphatic rings. The molecule has 5 aromatic rings. The molecule has 0 bridgehead atoms. The summed E-state index contributed by atoms with van der Waals surface area (Å²) in [6.45, 7) is 10.8. The second-order valence-corrected chi connectivity index (χ2v) is 19.8. The molecule has 5 N–H and O–H groups in total. The Labute approximate surface area is 447 Å². The van der Waals surface area contributed by atoms with E-state index in [0.29, 0.717) is 29.2 Å². The fraction of sp³-hybridized carbons (Fsp3) is 0.393. The van der Waals surface area contributed by atoms with E-state index in [-0.39, 0.29) is 83.4 Å². The van der Waals surface area contributed by atoms with Crippen molar-refractivity contribution in [1.82, 2.24) is 21.3 Å². The zero-order valence-corrected chi connectivity index (χ0v) is 44.3. The highest BCUT2D eigenvalue weighted by Gasteiger charge is 2.33. The Morgan fingerprint density at radius 1 is 0.566 bits per heavy atom. The van der Waals surface area contributed by atoms with Crippen molar-refractivity contribution in [2.45, 2.75) is 96.6 Å². The average molecular weight is 1040 g/mol. The van der Waals surface area contributed by atoms with Gasteiger partial charge in [-0.05, 0) is 118 Å². The van der Waals surface area contributed by atoms with Gasteiger partial charge in [0.1, 0.15) is 42.4 Å². The van der Waals surface area contributed by atoms with E-state index in [1.54, 1.807) is 69.3 Å². The predicted octanol–water partition coefficient (Wildman–Crippen LogP) is 7.46. The maximum absolute atomic E-state index is 14.5. The van der Waals surface area contributed by atoms with E-state index in [4.69, 9.17) is 30.1 Å². The monoisotopic (exact) mass is 1040 g/mol. The Morgan fingerprint density at radius 3 is 1.61 bits per heavy atom. The van der Waals surface area contributed by atoms with Gasteiger partial charge in [0.25, 0.3) is 0 Å². The number of benzene rings is 5. The number of carbonyl (C=O) groups is 5. The fourth-order valence-corrected chi connectivity index (χ4v) is 8.18. The fourth-order valence-electron chi connectivity index (χ4n) is 8.18. The first-order valence-electron chi connectivity index (χ1n) is 25.8. The Morgan fingerprint density at radius 2 is 1.07 bits per heavy atom. The topological polar surface area (TPSA) is 200 Å². The lowest BCUT2D eigenvalue weighted by Gasteiger charge is -2.30. The Bertz CT molecular complexity index is 2580. The van der Waals surface area contributed by atoms with Gasteiger partial charge >= 0.3 is 6.09 Å². The average Bonchev–Trinajstić information content (AvgIpc) is 3.40. The number of hydrogen-bond donors (Lipinski definition) is 5. The van der Waals surface area contributed by atoms with Crippen LogP contribution in [0.15, 0.2) is 140 Å². The van der Waals surface area contributed by atoms with Crippen molar-refractivity contribution in [3.05, 3.63) is 167 Å². The van der Waals surface area contributed by atoms with Gasteiger partial charge in [0, 0.05) is 30.0 Å². The number of aliphatic hydroxyl groups is 1. The zero-order chi connectivity index (χ0) is 54.7. The van der Waals surface area contributed by atoms with Crippen LogP contribution in [0.2, 0.25) is 0 Å². The van der Waals surface area contributed by atoms with Gasteiger partial charge in [-0.2, -0.15) is 0 Å². The van der Waals surface area contributed by atoms with Crippen LogP contribution in [0.1, 0.15) is 80.1 Å². The van der Waals surface area contributed by atoms with Crippen molar-refractivity contribution in [1.29, 1.82) is 0 Å². The van der Waals surface area contributed by atoms with Crippen LogP contribution in [0.25, 0.3) is 0 Å². The van der Waals surface area contributed by atoms with Crippen LogP contribution >= 0.6 is 0 Å². The number of carbonyl (C=O) groups excluding carboxylic acids is 5. The minimum absolute atomic E-state index is 0.0224. The molecule has 404 valence electrons. The Balaban J connectivity index is 1.13. The number of alkyl carbamates (subject to hydrolysis) is 1. The molecule has 0 heterocycles. The maximum atomic E-state index is 14.5. The summed E-state index contributed by atoms with van der Waals surface area (Å²) in [5.41, 5.74) is 2.80. The first kappa shape index (κ1) is 59.4. The van der Waals surface area contributed by atoms with E-state index in [0.717, 1.165) is 16.7 Å². The third kappa shape index (κ3) is 21.8. The van der Waals surface area contributed by atoms with Crippen LogP contribution < -0.4 is 30.7 Å². The van der Waals surface area contributed by atoms with Gasteiger partial charge in [0.2, 0.25) is 17.7 Å². The van der Waals surface area contributed by atoms with Crippen molar-refractivity contribution in [2.24, 2.45) is 11.8 Å². The molecule has 0 aliphatic heterocycles. The molecule has 0 spiro atoms. The van der Waals surface area contributed by atoms with E-state index in [2.05, 4.69) is 27.2 Å². The molecular weight excluding hydrogens is 965 g/mol. The molecule has 0 saturated carbocycles. The molecule has 0 radical (unpaired) electrons. The van der Waals surface area contributed by atoms with Crippen LogP contribution in [0.5, 0.6) is 11.5 Å². The van der Waals surface area contributed by atoms with Gasteiger partial charge in [-0.15, -0.1) is 6.42 Å². The molecule has 0 aromatic heterocycles. The normalized spacial score (nSPS) is 13.2. The number of aliphatic hydroxyl groups excluding tert-OH is 1. The second kappa shape index (κ2) is 31.4. The third-order valence-corrected chi connectivity index (χ3v) is 11.9. The van der Waals surface area contributed by atoms with E-state index in [1.807, 2.05) is 105 Å². The van der Waals surface area contributed by atoms with Crippen LogP contribution in [0, 0.1) is 24.2 Å². The largest absolute Gasteiger partial charge is 0.491 e. The summed E-state index contributed by atoms with van der Waals surface area (Å²) < 4.78 is 28.1. The summed E-state index contributed by atoms with van der Waals surface area (Å²) >= 11 is 0. The molecule has 5 aromatic carbocycles. The highest BCUT2D eigenvalue weighted by Crippen LogP contribution is 2.22. The molecule has 0 aliphatic carbocycles. The van der Waals surface area contributed by atoms with Crippen molar-refractivity contribution in [2.75, 3.05) is 46.2 Å². The van der Waals surface area contributed by atoms with Crippen molar-refractivity contribution < 1.29 is 52.8 Å². The molecule has 5 atom stereocenters. The summed E-state index contributed by atoms with van der Waals surface area (Å²) in [7, 11) is 0. The summed E-state index contributed by atoms with van der Waals surface area (Å²) in [5.74, 6) is 1.21. The number of ketones is 1. The smallest absolute Gasteiger partial charge is 0.407 e. The minimum Gasteiger partial charge on any atom is -0.491 e. The first-order valence-corrected chi connectivity index (χ1v) is 25.8. The number of nitrogens with one attached hydrogen (secondary N) is 4. The lowest BCUT2D eigenvalue weighted by molar-refractivity contribution is -0.134. The molecule has 0 saturated heterocycles. The van der Waals surface area contributed by atoms with Crippen LogP contribution in [0.3, 0.4) is 0 Å². The van der Waals surface area contributed by atoms with Crippen LogP contribution in [0.4, 0.5) is 4.79 Å². The number of ether oxygens (including phenoxy) is 5. The minimum atomic E-state index is -1.19. The van der Waals surface area contributed by atoms with Gasteiger partial charge in [-0.3, -0.25) is 19.2 Å². The van der Waals surface area contributed by atoms with Crippen molar-refractivity contribution in [3.63, 3.8) is 0 Å². The summed E-state index contributed by atoms with van der Waals surface area (Å²) in [6, 6.07) is 39.0. The lowest BCUT2D eigenvalue weighted by Crippen LogP contribution is -2.56. The molecule has 5 rings (SSSR count). The molecule has 4 amide bonds. The van der Waals surface area contributed by atoms with E-state index < -0.39 is 59.6 Å². The van der Waals surface area contributed by atoms with Gasteiger partial charge in [-0.25, -0.2) is 4.79 Å². The third-order valence-electron chi connectivity index (χ3n) is 11.9. The van der Waals surface area contributed by atoms with Gasteiger partial charge in [-0.1, -0.05) is 111 Å². The van der Waals surface area contributed by atoms with E-state index >= 15 is 0 Å². The van der Waals surface area contributed by atoms with Gasteiger partial charge in [0.15, 0.2) is 5.78 Å². The van der Waals surface area contributed by atoms with Crippen LogP contribution in [-0.4, -0.2) is 111 Å². The van der Waals surface area contributed by atoms with Gasteiger partial charge in [0.05, 0.1) is 38.6 Å². The summed E-state index contributed by atoms with van der Waals surface area (Å²) in [5, 5.41) is 23.5. The summed E-state index contributed by atoms with van der Waals surface area (Å²) in [4.78, 5) is 68.6. The zero-order valence-electron chi connectivity index (χ0n) is 44.3. The maximum Gasteiger partial charge on any atom is 0.407 e. The summed E-state index contributed by atoms with van der Waals surface area (Å²) in [6.07, 6.45) is 4.29. The van der Waals surface area contributed by atoms with Crippen LogP contribution in [-0.2, 0) is 47.9 Å². The standard InChI is InChI=1S/C61H74N4O11/c1-7-32-74-50-27-23-47(24-28-50)56(67)48-25-29-51(30-26-48)75-37-36-73-35-34-72-33-31-62-58(69)54(41-46-21-15-10-16-22-46)64-59(70)53(38-43(2)3)63-57(68)49(39-44-17-11-8-12-18-44)42-55(66)52(40-45-19-13-9-14-20-45)65-60(71)76-61(4,5)6/h1,8-30,43,49,52-55,66H,31-42H2,2-6H3,(H,62,69)(H,63,68)(H,64,70)(H,65,71)/t49-,52+,53+,54+,55-/m1/s1. The van der Waals surface area contributed by atoms with E-state index in [9.17, 15) is 29.1 Å². The number of terminal acetylenes is 1. The number of hydrogen-bond acceptors (Lipinski definition) is 11. The van der Waals surface area contributed by atoms with Crippen molar-refractivity contribution in [3.8, 4) is 23.8 Å². The van der Waals surface area contributed by atoms with Gasteiger partial charge < -0.3 is 50.1 Å². The number of amides is 4. The molecule has 0 fully saturated rings. The lowest BCUT2D eigenvalue weighted by atomic mass is 9.88. The Kier molecular flexibility index (Phi) is 24.5. The number of rotatable bonds is 31. The molecule has 15 nitrogen and oxygen atoms in total. The second-order valence-electron chi connectivity index (χ2n) is 19.8. The SMILES string of the molecule is C#CCOc1ccc(C(=O)c2ccc(OCCOCCOCCNC(=O)[C@H](Cc3ccccc3)NC(=O)[C@H](CC(C)C)NC(=O)[C@H](Cc3ccccc3)C[C@@H](O)[C@H](Cc3ccccc3)NC(=O)OC(C)(C)C)cc2)cc1. The van der Waals surface area contributed by atoms with E-state index in [1.165, 1.54) is 0 Å². The van der Waals surface area contributed by atoms with Crippen molar-refractivity contribution >= 4 is 29.6 Å². The first-order chi connectivity index (χ1) is 36.6. The highest BCUT2D eigenvalue weighted by atomic mass is 16.6. The molecule has 15 heteroatoms. The Hall–Kier alpha value is -7.51. The molecule has 0 unspecified atom stereocenters. The predicted molar refractivity (Wildman–Crippen MR) is 292 cm³/mol. The quantitative estimate of drug-likeness (QED) is 0.0168.